The first-order valence-electron chi connectivity index (χ1n) is 5.26. The first-order chi connectivity index (χ1) is 8.01. The molecular weight excluding hydrogens is 244 g/mol. The van der Waals surface area contributed by atoms with Crippen LogP contribution in [0.15, 0.2) is 18.2 Å². The molecule has 1 saturated carbocycles. The first kappa shape index (κ1) is 12.2. The fraction of sp³-hybridized carbons (Fsp3) is 0.417. The van der Waals surface area contributed by atoms with Crippen molar-refractivity contribution in [3.05, 3.63) is 28.8 Å². The standard InChI is InChI=1S/C12H13ClO4/c1-17-7-2-3-8(9(13)6-7)10(14)12(4-5-12)11(15)16/h2-3,6,10,14H,4-5H2,1H3,(H,15,16). The number of halogens is 1. The van der Waals surface area contributed by atoms with E-state index in [1.807, 2.05) is 0 Å². The number of rotatable bonds is 4. The molecule has 1 unspecified atom stereocenters. The predicted molar refractivity (Wildman–Crippen MR) is 62.3 cm³/mol. The molecule has 1 aromatic carbocycles. The molecule has 92 valence electrons. The largest absolute Gasteiger partial charge is 0.497 e. The smallest absolute Gasteiger partial charge is 0.312 e. The van der Waals surface area contributed by atoms with Crippen molar-refractivity contribution in [2.75, 3.05) is 7.11 Å². The molecule has 5 heteroatoms. The average molecular weight is 257 g/mol. The van der Waals surface area contributed by atoms with E-state index in [1.165, 1.54) is 7.11 Å². The molecule has 0 spiro atoms. The summed E-state index contributed by atoms with van der Waals surface area (Å²) in [5.41, 5.74) is -0.620. The third-order valence-electron chi connectivity index (χ3n) is 3.24. The molecule has 1 atom stereocenters. The molecule has 2 rings (SSSR count). The Hall–Kier alpha value is -1.26. The molecule has 0 saturated heterocycles. The molecule has 0 aliphatic heterocycles. The van der Waals surface area contributed by atoms with Crippen LogP contribution in [0.4, 0.5) is 0 Å². The molecule has 2 N–H and O–H groups in total. The van der Waals surface area contributed by atoms with Gasteiger partial charge < -0.3 is 14.9 Å². The number of hydrogen-bond acceptors (Lipinski definition) is 3. The highest BCUT2D eigenvalue weighted by Crippen LogP contribution is 2.56. The molecule has 0 heterocycles. The van der Waals surface area contributed by atoms with Crippen molar-refractivity contribution < 1.29 is 19.7 Å². The maximum atomic E-state index is 11.1. The topological polar surface area (TPSA) is 66.8 Å². The molecule has 0 amide bonds. The Morgan fingerprint density at radius 3 is 2.59 bits per heavy atom. The van der Waals surface area contributed by atoms with E-state index in [4.69, 9.17) is 21.4 Å². The summed E-state index contributed by atoms with van der Waals surface area (Å²) in [4.78, 5) is 11.1. The van der Waals surface area contributed by atoms with E-state index in [-0.39, 0.29) is 0 Å². The zero-order valence-electron chi connectivity index (χ0n) is 9.31. The summed E-state index contributed by atoms with van der Waals surface area (Å²) in [7, 11) is 1.52. The van der Waals surface area contributed by atoms with Crippen molar-refractivity contribution in [3.8, 4) is 5.75 Å². The molecule has 1 aromatic rings. The van der Waals surface area contributed by atoms with Gasteiger partial charge in [-0.25, -0.2) is 0 Å². The number of carboxylic acid groups (broad SMARTS) is 1. The second-order valence-electron chi connectivity index (χ2n) is 4.25. The van der Waals surface area contributed by atoms with Crippen LogP contribution >= 0.6 is 11.6 Å². The summed E-state index contributed by atoms with van der Waals surface area (Å²) >= 11 is 6.01. The number of carbonyl (C=O) groups is 1. The van der Waals surface area contributed by atoms with Gasteiger partial charge in [-0.3, -0.25) is 4.79 Å². The SMILES string of the molecule is COc1ccc(C(O)C2(C(=O)O)CC2)c(Cl)c1. The van der Waals surface area contributed by atoms with Crippen molar-refractivity contribution >= 4 is 17.6 Å². The Balaban J connectivity index is 2.32. The second kappa shape index (κ2) is 4.20. The Bertz CT molecular complexity index is 454. The van der Waals surface area contributed by atoms with Gasteiger partial charge in [0.05, 0.1) is 23.7 Å². The molecule has 17 heavy (non-hydrogen) atoms. The van der Waals surface area contributed by atoms with Crippen LogP contribution in [0.25, 0.3) is 0 Å². The number of ether oxygens (including phenoxy) is 1. The number of aliphatic hydroxyl groups is 1. The quantitative estimate of drug-likeness (QED) is 0.867. The number of benzene rings is 1. The van der Waals surface area contributed by atoms with Gasteiger partial charge in [0.15, 0.2) is 0 Å². The Kier molecular flexibility index (Phi) is 3.02. The number of methoxy groups -OCH3 is 1. The summed E-state index contributed by atoms with van der Waals surface area (Å²) in [6.07, 6.45) is -0.115. The molecule has 1 aliphatic rings. The molecule has 1 fully saturated rings. The fourth-order valence-electron chi connectivity index (χ4n) is 1.89. The van der Waals surface area contributed by atoms with Crippen LogP contribution in [0.2, 0.25) is 5.02 Å². The summed E-state index contributed by atoms with van der Waals surface area (Å²) in [5, 5.41) is 19.5. The van der Waals surface area contributed by atoms with Crippen LogP contribution in [0.5, 0.6) is 5.75 Å². The van der Waals surface area contributed by atoms with Crippen molar-refractivity contribution in [1.29, 1.82) is 0 Å². The van der Waals surface area contributed by atoms with Crippen LogP contribution in [-0.2, 0) is 4.79 Å². The third kappa shape index (κ3) is 1.98. The Morgan fingerprint density at radius 2 is 2.18 bits per heavy atom. The van der Waals surface area contributed by atoms with E-state index in [0.29, 0.717) is 29.2 Å². The van der Waals surface area contributed by atoms with E-state index >= 15 is 0 Å². The number of carboxylic acids is 1. The summed E-state index contributed by atoms with van der Waals surface area (Å²) < 4.78 is 5.00. The van der Waals surface area contributed by atoms with Gasteiger partial charge in [-0.2, -0.15) is 0 Å². The van der Waals surface area contributed by atoms with Gasteiger partial charge in [-0.15, -0.1) is 0 Å². The maximum Gasteiger partial charge on any atom is 0.312 e. The van der Waals surface area contributed by atoms with Crippen molar-refractivity contribution in [3.63, 3.8) is 0 Å². The Morgan fingerprint density at radius 1 is 1.53 bits per heavy atom. The monoisotopic (exact) mass is 256 g/mol. The molecule has 0 bridgehead atoms. The van der Waals surface area contributed by atoms with Crippen molar-refractivity contribution in [1.82, 2.24) is 0 Å². The minimum atomic E-state index is -1.07. The summed E-state index contributed by atoms with van der Waals surface area (Å²) in [5.74, 6) is -0.400. The average Bonchev–Trinajstić information content (AvgIpc) is 3.09. The second-order valence-corrected chi connectivity index (χ2v) is 4.66. The molecule has 0 radical (unpaired) electrons. The van der Waals surface area contributed by atoms with Crippen LogP contribution < -0.4 is 4.74 Å². The van der Waals surface area contributed by atoms with Crippen LogP contribution in [0.3, 0.4) is 0 Å². The highest BCUT2D eigenvalue weighted by molar-refractivity contribution is 6.31. The number of aliphatic carboxylic acids is 1. The van der Waals surface area contributed by atoms with Crippen molar-refractivity contribution in [2.24, 2.45) is 5.41 Å². The normalized spacial score (nSPS) is 18.5. The lowest BCUT2D eigenvalue weighted by atomic mass is 9.93. The van der Waals surface area contributed by atoms with Gasteiger partial charge in [0, 0.05) is 5.56 Å². The highest BCUT2D eigenvalue weighted by Gasteiger charge is 2.56. The molecule has 1 aliphatic carbocycles. The number of hydrogen-bond donors (Lipinski definition) is 2. The maximum absolute atomic E-state index is 11.1. The van der Waals surface area contributed by atoms with Crippen LogP contribution in [0.1, 0.15) is 24.5 Å². The lowest BCUT2D eigenvalue weighted by Crippen LogP contribution is -2.23. The zero-order valence-corrected chi connectivity index (χ0v) is 10.1. The van der Waals surface area contributed by atoms with Crippen LogP contribution in [0, 0.1) is 5.41 Å². The molecular formula is C12H13ClO4. The molecule has 0 aromatic heterocycles. The lowest BCUT2D eigenvalue weighted by Gasteiger charge is -2.19. The minimum Gasteiger partial charge on any atom is -0.497 e. The lowest BCUT2D eigenvalue weighted by molar-refractivity contribution is -0.148. The minimum absolute atomic E-state index is 0.323. The zero-order chi connectivity index (χ0) is 12.6. The van der Waals surface area contributed by atoms with Gasteiger partial charge in [0.25, 0.3) is 0 Å². The third-order valence-corrected chi connectivity index (χ3v) is 3.57. The van der Waals surface area contributed by atoms with E-state index < -0.39 is 17.5 Å². The van der Waals surface area contributed by atoms with Gasteiger partial charge in [0.1, 0.15) is 5.75 Å². The van der Waals surface area contributed by atoms with Crippen LogP contribution in [-0.4, -0.2) is 23.3 Å². The number of aliphatic hydroxyl groups excluding tert-OH is 1. The first-order valence-corrected chi connectivity index (χ1v) is 5.64. The van der Waals surface area contributed by atoms with E-state index in [9.17, 15) is 9.90 Å². The van der Waals surface area contributed by atoms with Gasteiger partial charge >= 0.3 is 5.97 Å². The molecule has 4 nitrogen and oxygen atoms in total. The summed E-state index contributed by atoms with van der Waals surface area (Å²) in [6, 6.07) is 4.83. The van der Waals surface area contributed by atoms with E-state index in [2.05, 4.69) is 0 Å². The predicted octanol–water partition coefficient (Wildman–Crippen LogP) is 2.25. The summed E-state index contributed by atoms with van der Waals surface area (Å²) in [6.45, 7) is 0. The van der Waals surface area contributed by atoms with E-state index in [0.717, 1.165) is 0 Å². The van der Waals surface area contributed by atoms with Gasteiger partial charge in [0.2, 0.25) is 0 Å². The van der Waals surface area contributed by atoms with Crippen molar-refractivity contribution in [2.45, 2.75) is 18.9 Å². The fourth-order valence-corrected chi connectivity index (χ4v) is 2.17. The van der Waals surface area contributed by atoms with E-state index in [1.54, 1.807) is 18.2 Å². The highest BCUT2D eigenvalue weighted by atomic mass is 35.5. The van der Waals surface area contributed by atoms with Gasteiger partial charge in [-0.1, -0.05) is 17.7 Å². The Labute approximate surface area is 104 Å². The van der Waals surface area contributed by atoms with Gasteiger partial charge in [-0.05, 0) is 25.0 Å².